The highest BCUT2D eigenvalue weighted by Gasteiger charge is 2.18. The zero-order valence-electron chi connectivity index (χ0n) is 12.6. The Kier molecular flexibility index (Phi) is 5.66. The first-order chi connectivity index (χ1) is 10.8. The Labute approximate surface area is 131 Å². The molecule has 0 heterocycles. The standard InChI is InChI=1S/C19H19NO2/c1-3-10-17(19(21)22-2)20-18(15-11-6-4-7-12-15)16-13-8-5-9-14-16/h3-9,11-14,17H,1,10H2,2H3/t17-/m0/s1. The van der Waals surface area contributed by atoms with Crippen LogP contribution < -0.4 is 0 Å². The molecule has 0 saturated heterocycles. The van der Waals surface area contributed by atoms with Crippen molar-refractivity contribution in [3.63, 3.8) is 0 Å². The van der Waals surface area contributed by atoms with Gasteiger partial charge in [0.1, 0.15) is 0 Å². The largest absolute Gasteiger partial charge is 0.467 e. The van der Waals surface area contributed by atoms with E-state index in [4.69, 9.17) is 4.74 Å². The zero-order valence-corrected chi connectivity index (χ0v) is 12.6. The lowest BCUT2D eigenvalue weighted by Gasteiger charge is -2.13. The van der Waals surface area contributed by atoms with Crippen molar-refractivity contribution in [1.82, 2.24) is 0 Å². The third kappa shape index (κ3) is 3.92. The summed E-state index contributed by atoms with van der Waals surface area (Å²) in [7, 11) is 1.37. The molecule has 0 radical (unpaired) electrons. The summed E-state index contributed by atoms with van der Waals surface area (Å²) in [4.78, 5) is 16.6. The van der Waals surface area contributed by atoms with E-state index in [2.05, 4.69) is 11.6 Å². The fourth-order valence-electron chi connectivity index (χ4n) is 2.16. The molecule has 0 spiro atoms. The van der Waals surface area contributed by atoms with Crippen molar-refractivity contribution in [1.29, 1.82) is 0 Å². The molecule has 0 unspecified atom stereocenters. The molecule has 1 atom stereocenters. The molecule has 0 bridgehead atoms. The van der Waals surface area contributed by atoms with Crippen LogP contribution in [-0.4, -0.2) is 24.8 Å². The van der Waals surface area contributed by atoms with Crippen molar-refractivity contribution >= 4 is 11.7 Å². The molecule has 22 heavy (non-hydrogen) atoms. The number of hydrogen-bond donors (Lipinski definition) is 0. The molecule has 0 amide bonds. The molecule has 2 rings (SSSR count). The lowest BCUT2D eigenvalue weighted by atomic mass is 10.0. The summed E-state index contributed by atoms with van der Waals surface area (Å²) in [6.45, 7) is 3.69. The van der Waals surface area contributed by atoms with Crippen LogP contribution in [0.1, 0.15) is 17.5 Å². The van der Waals surface area contributed by atoms with E-state index in [1.54, 1.807) is 6.08 Å². The minimum Gasteiger partial charge on any atom is -0.467 e. The number of carbonyl (C=O) groups is 1. The fraction of sp³-hybridized carbons (Fsp3) is 0.158. The molecule has 0 saturated carbocycles. The van der Waals surface area contributed by atoms with Crippen molar-refractivity contribution in [2.75, 3.05) is 7.11 Å². The van der Waals surface area contributed by atoms with Crippen LogP contribution in [0.25, 0.3) is 0 Å². The number of carbonyl (C=O) groups excluding carboxylic acids is 1. The van der Waals surface area contributed by atoms with Crippen LogP contribution in [0.4, 0.5) is 0 Å². The second-order valence-electron chi connectivity index (χ2n) is 4.77. The predicted molar refractivity (Wildman–Crippen MR) is 89.1 cm³/mol. The van der Waals surface area contributed by atoms with E-state index in [1.807, 2.05) is 60.7 Å². The quantitative estimate of drug-likeness (QED) is 0.463. The second-order valence-corrected chi connectivity index (χ2v) is 4.77. The van der Waals surface area contributed by atoms with Crippen LogP contribution in [0, 0.1) is 0 Å². The monoisotopic (exact) mass is 293 g/mol. The minimum absolute atomic E-state index is 0.357. The van der Waals surface area contributed by atoms with Crippen LogP contribution in [-0.2, 0) is 9.53 Å². The van der Waals surface area contributed by atoms with Gasteiger partial charge in [0.15, 0.2) is 6.04 Å². The Morgan fingerprint density at radius 1 is 1.09 bits per heavy atom. The maximum atomic E-state index is 11.9. The molecular formula is C19H19NO2. The SMILES string of the molecule is C=CC[C@H](N=C(c1ccccc1)c1ccccc1)C(=O)OC. The Morgan fingerprint density at radius 2 is 1.59 bits per heavy atom. The van der Waals surface area contributed by atoms with E-state index in [1.165, 1.54) is 7.11 Å². The highest BCUT2D eigenvalue weighted by molar-refractivity contribution is 6.13. The molecule has 0 aliphatic heterocycles. The average molecular weight is 293 g/mol. The van der Waals surface area contributed by atoms with E-state index >= 15 is 0 Å². The van der Waals surface area contributed by atoms with Crippen LogP contribution in [0.5, 0.6) is 0 Å². The van der Waals surface area contributed by atoms with Gasteiger partial charge in [0, 0.05) is 11.1 Å². The molecule has 2 aromatic rings. The van der Waals surface area contributed by atoms with Gasteiger partial charge in [0.05, 0.1) is 12.8 Å². The Bertz CT molecular complexity index is 606. The molecule has 0 aliphatic carbocycles. The first-order valence-electron chi connectivity index (χ1n) is 7.13. The van der Waals surface area contributed by atoms with E-state index in [9.17, 15) is 4.79 Å². The van der Waals surface area contributed by atoms with E-state index in [0.717, 1.165) is 16.8 Å². The summed E-state index contributed by atoms with van der Waals surface area (Å²) >= 11 is 0. The highest BCUT2D eigenvalue weighted by Crippen LogP contribution is 2.14. The van der Waals surface area contributed by atoms with Crippen LogP contribution in [0.2, 0.25) is 0 Å². The molecular weight excluding hydrogens is 274 g/mol. The number of esters is 1. The Balaban J connectivity index is 2.50. The average Bonchev–Trinajstić information content (AvgIpc) is 2.59. The molecule has 0 fully saturated rings. The lowest BCUT2D eigenvalue weighted by molar-refractivity contribution is -0.141. The number of hydrogen-bond acceptors (Lipinski definition) is 3. The first-order valence-corrected chi connectivity index (χ1v) is 7.13. The van der Waals surface area contributed by atoms with Gasteiger partial charge in [-0.05, 0) is 6.42 Å². The third-order valence-corrected chi connectivity index (χ3v) is 3.24. The molecule has 0 aliphatic rings. The third-order valence-electron chi connectivity index (χ3n) is 3.24. The lowest BCUT2D eigenvalue weighted by Crippen LogP contribution is -2.22. The van der Waals surface area contributed by atoms with Gasteiger partial charge >= 0.3 is 5.97 Å². The molecule has 3 heteroatoms. The van der Waals surface area contributed by atoms with Crippen LogP contribution in [0.15, 0.2) is 78.3 Å². The summed E-state index contributed by atoms with van der Waals surface area (Å²) in [5, 5.41) is 0. The van der Waals surface area contributed by atoms with Crippen molar-refractivity contribution < 1.29 is 9.53 Å². The van der Waals surface area contributed by atoms with Gasteiger partial charge in [-0.2, -0.15) is 0 Å². The van der Waals surface area contributed by atoms with Crippen LogP contribution >= 0.6 is 0 Å². The number of ether oxygens (including phenoxy) is 1. The van der Waals surface area contributed by atoms with Gasteiger partial charge in [0.25, 0.3) is 0 Å². The summed E-state index contributed by atoms with van der Waals surface area (Å²) in [6, 6.07) is 19.1. The van der Waals surface area contributed by atoms with Gasteiger partial charge < -0.3 is 4.74 Å². The van der Waals surface area contributed by atoms with Crippen molar-refractivity contribution in [3.05, 3.63) is 84.4 Å². The second kappa shape index (κ2) is 7.93. The molecule has 0 aromatic heterocycles. The Hall–Kier alpha value is -2.68. The molecule has 112 valence electrons. The predicted octanol–water partition coefficient (Wildman–Crippen LogP) is 3.64. The first kappa shape index (κ1) is 15.7. The summed E-state index contributed by atoms with van der Waals surface area (Å²) in [6.07, 6.45) is 2.12. The van der Waals surface area contributed by atoms with Gasteiger partial charge in [-0.25, -0.2) is 4.79 Å². The van der Waals surface area contributed by atoms with Crippen molar-refractivity contribution in [3.8, 4) is 0 Å². The fourth-order valence-corrected chi connectivity index (χ4v) is 2.16. The van der Waals surface area contributed by atoms with E-state index < -0.39 is 6.04 Å². The highest BCUT2D eigenvalue weighted by atomic mass is 16.5. The zero-order chi connectivity index (χ0) is 15.8. The Morgan fingerprint density at radius 3 is 2.00 bits per heavy atom. The smallest absolute Gasteiger partial charge is 0.330 e. The van der Waals surface area contributed by atoms with Gasteiger partial charge in [0.2, 0.25) is 0 Å². The number of benzene rings is 2. The van der Waals surface area contributed by atoms with Gasteiger partial charge in [-0.3, -0.25) is 4.99 Å². The van der Waals surface area contributed by atoms with E-state index in [0.29, 0.717) is 6.42 Å². The number of rotatable bonds is 6. The van der Waals surface area contributed by atoms with Gasteiger partial charge in [-0.1, -0.05) is 66.7 Å². The maximum Gasteiger partial charge on any atom is 0.330 e. The topological polar surface area (TPSA) is 38.7 Å². The number of methoxy groups -OCH3 is 1. The summed E-state index contributed by atoms with van der Waals surface area (Å²) in [5.41, 5.74) is 2.71. The summed E-state index contributed by atoms with van der Waals surface area (Å²) < 4.78 is 4.84. The van der Waals surface area contributed by atoms with Crippen molar-refractivity contribution in [2.24, 2.45) is 4.99 Å². The summed E-state index contributed by atoms with van der Waals surface area (Å²) in [5.74, 6) is -0.357. The molecule has 0 N–H and O–H groups in total. The van der Waals surface area contributed by atoms with Crippen molar-refractivity contribution in [2.45, 2.75) is 12.5 Å². The normalized spacial score (nSPS) is 11.3. The molecule has 3 nitrogen and oxygen atoms in total. The van der Waals surface area contributed by atoms with Gasteiger partial charge in [-0.15, -0.1) is 6.58 Å². The van der Waals surface area contributed by atoms with E-state index in [-0.39, 0.29) is 5.97 Å². The molecule has 2 aromatic carbocycles. The number of nitrogens with zero attached hydrogens (tertiary/aromatic N) is 1. The van der Waals surface area contributed by atoms with Crippen LogP contribution in [0.3, 0.4) is 0 Å². The minimum atomic E-state index is -0.585. The number of aliphatic imine (C=N–C) groups is 1. The maximum absolute atomic E-state index is 11.9.